The standard InChI is InChI=1S/C17H23N5O/c18-20-19-12-15-11-17(23)22(13-15)16-5-3-14(4-6-16)7-10-21-8-1-2-9-21/h3-6,15H,1-2,7-13H2. The summed E-state index contributed by atoms with van der Waals surface area (Å²) >= 11 is 0. The Bertz CT molecular complexity index is 588. The molecule has 0 aromatic heterocycles. The molecule has 0 N–H and O–H groups in total. The molecule has 6 nitrogen and oxygen atoms in total. The van der Waals surface area contributed by atoms with Gasteiger partial charge in [0.15, 0.2) is 0 Å². The first-order chi connectivity index (χ1) is 11.3. The number of nitrogens with zero attached hydrogens (tertiary/aromatic N) is 5. The highest BCUT2D eigenvalue weighted by Gasteiger charge is 2.29. The summed E-state index contributed by atoms with van der Waals surface area (Å²) in [4.78, 5) is 19.2. The Labute approximate surface area is 136 Å². The Kier molecular flexibility index (Phi) is 5.16. The first kappa shape index (κ1) is 15.8. The second kappa shape index (κ2) is 7.49. The van der Waals surface area contributed by atoms with Crippen LogP contribution in [-0.2, 0) is 11.2 Å². The highest BCUT2D eigenvalue weighted by atomic mass is 16.2. The van der Waals surface area contributed by atoms with Gasteiger partial charge in [-0.15, -0.1) is 0 Å². The van der Waals surface area contributed by atoms with E-state index in [0.29, 0.717) is 19.5 Å². The van der Waals surface area contributed by atoms with Gasteiger partial charge in [-0.2, -0.15) is 0 Å². The van der Waals surface area contributed by atoms with Crippen LogP contribution in [-0.4, -0.2) is 43.5 Å². The third-order valence-corrected chi connectivity index (χ3v) is 4.77. The second-order valence-electron chi connectivity index (χ2n) is 6.45. The number of hydrogen-bond acceptors (Lipinski definition) is 3. The maximum absolute atomic E-state index is 12.1. The highest BCUT2D eigenvalue weighted by Crippen LogP contribution is 2.25. The summed E-state index contributed by atoms with van der Waals surface area (Å²) in [6, 6.07) is 8.32. The second-order valence-corrected chi connectivity index (χ2v) is 6.45. The lowest BCUT2D eigenvalue weighted by Crippen LogP contribution is -2.25. The molecule has 1 unspecified atom stereocenters. The average molecular weight is 313 g/mol. The van der Waals surface area contributed by atoms with Crippen LogP contribution < -0.4 is 4.90 Å². The lowest BCUT2D eigenvalue weighted by molar-refractivity contribution is -0.117. The minimum atomic E-state index is 0.118. The van der Waals surface area contributed by atoms with Gasteiger partial charge >= 0.3 is 0 Å². The van der Waals surface area contributed by atoms with Crippen molar-refractivity contribution in [2.45, 2.75) is 25.7 Å². The van der Waals surface area contributed by atoms with E-state index in [1.54, 1.807) is 0 Å². The van der Waals surface area contributed by atoms with Crippen LogP contribution in [0.2, 0.25) is 0 Å². The van der Waals surface area contributed by atoms with Crippen molar-refractivity contribution < 1.29 is 4.79 Å². The van der Waals surface area contributed by atoms with E-state index in [9.17, 15) is 4.79 Å². The smallest absolute Gasteiger partial charge is 0.227 e. The zero-order valence-corrected chi connectivity index (χ0v) is 13.4. The number of amides is 1. The molecule has 23 heavy (non-hydrogen) atoms. The number of azide groups is 1. The number of hydrogen-bond donors (Lipinski definition) is 0. The molecule has 2 aliphatic heterocycles. The van der Waals surface area contributed by atoms with E-state index in [-0.39, 0.29) is 11.8 Å². The van der Waals surface area contributed by atoms with Crippen molar-refractivity contribution in [3.05, 3.63) is 40.3 Å². The van der Waals surface area contributed by atoms with E-state index in [0.717, 1.165) is 18.7 Å². The van der Waals surface area contributed by atoms with E-state index in [4.69, 9.17) is 5.53 Å². The first-order valence-corrected chi connectivity index (χ1v) is 8.39. The van der Waals surface area contributed by atoms with Crippen molar-refractivity contribution in [3.8, 4) is 0 Å². The van der Waals surface area contributed by atoms with E-state index < -0.39 is 0 Å². The van der Waals surface area contributed by atoms with Gasteiger partial charge in [0.25, 0.3) is 0 Å². The van der Waals surface area contributed by atoms with Gasteiger partial charge in [0.2, 0.25) is 5.91 Å². The molecule has 3 rings (SSSR count). The molecule has 122 valence electrons. The van der Waals surface area contributed by atoms with E-state index in [1.807, 2.05) is 17.0 Å². The van der Waals surface area contributed by atoms with Crippen molar-refractivity contribution >= 4 is 11.6 Å². The summed E-state index contributed by atoms with van der Waals surface area (Å²) < 4.78 is 0. The first-order valence-electron chi connectivity index (χ1n) is 8.39. The van der Waals surface area contributed by atoms with E-state index in [2.05, 4.69) is 27.1 Å². The molecule has 0 spiro atoms. The molecule has 6 heteroatoms. The Morgan fingerprint density at radius 1 is 1.22 bits per heavy atom. The third kappa shape index (κ3) is 4.03. The van der Waals surface area contributed by atoms with Gasteiger partial charge in [0.1, 0.15) is 0 Å². The summed E-state index contributed by atoms with van der Waals surface area (Å²) in [6.07, 6.45) is 4.18. The predicted octanol–water partition coefficient (Wildman–Crippen LogP) is 2.99. The molecule has 1 aromatic carbocycles. The Morgan fingerprint density at radius 2 is 1.96 bits per heavy atom. The molecular weight excluding hydrogens is 290 g/mol. The van der Waals surface area contributed by atoms with Gasteiger partial charge in [0, 0.05) is 36.7 Å². The molecule has 2 saturated heterocycles. The molecule has 0 radical (unpaired) electrons. The van der Waals surface area contributed by atoms with E-state index >= 15 is 0 Å². The molecule has 2 fully saturated rings. The van der Waals surface area contributed by atoms with Crippen molar-refractivity contribution in [3.63, 3.8) is 0 Å². The van der Waals surface area contributed by atoms with Crippen LogP contribution in [0.3, 0.4) is 0 Å². The van der Waals surface area contributed by atoms with Crippen LogP contribution in [0.25, 0.3) is 10.4 Å². The lowest BCUT2D eigenvalue weighted by Gasteiger charge is -2.18. The molecule has 0 saturated carbocycles. The molecule has 0 aliphatic carbocycles. The lowest BCUT2D eigenvalue weighted by atomic mass is 10.1. The van der Waals surface area contributed by atoms with E-state index in [1.165, 1.54) is 31.5 Å². The molecule has 2 heterocycles. The fraction of sp³-hybridized carbons (Fsp3) is 0.588. The number of benzene rings is 1. The van der Waals surface area contributed by atoms with Crippen LogP contribution in [0.4, 0.5) is 5.69 Å². The quantitative estimate of drug-likeness (QED) is 0.460. The maximum atomic E-state index is 12.1. The summed E-state index contributed by atoms with van der Waals surface area (Å²) in [5.41, 5.74) is 10.7. The minimum Gasteiger partial charge on any atom is -0.312 e. The maximum Gasteiger partial charge on any atom is 0.227 e. The highest BCUT2D eigenvalue weighted by molar-refractivity contribution is 5.95. The van der Waals surface area contributed by atoms with Crippen molar-refractivity contribution in [1.29, 1.82) is 0 Å². The molecule has 0 bridgehead atoms. The van der Waals surface area contributed by atoms with Crippen molar-refractivity contribution in [2.75, 3.05) is 37.6 Å². The minimum absolute atomic E-state index is 0.118. The largest absolute Gasteiger partial charge is 0.312 e. The molecule has 2 aliphatic rings. The van der Waals surface area contributed by atoms with Crippen molar-refractivity contribution in [1.82, 2.24) is 4.90 Å². The number of carbonyl (C=O) groups excluding carboxylic acids is 1. The predicted molar refractivity (Wildman–Crippen MR) is 90.3 cm³/mol. The van der Waals surface area contributed by atoms with Gasteiger partial charge in [-0.1, -0.05) is 17.2 Å². The summed E-state index contributed by atoms with van der Waals surface area (Å²) in [7, 11) is 0. The van der Waals surface area contributed by atoms with Gasteiger partial charge in [-0.3, -0.25) is 4.79 Å². The van der Waals surface area contributed by atoms with Gasteiger partial charge < -0.3 is 9.80 Å². The van der Waals surface area contributed by atoms with Crippen LogP contribution in [0, 0.1) is 5.92 Å². The molecule has 1 amide bonds. The Balaban J connectivity index is 1.56. The van der Waals surface area contributed by atoms with Gasteiger partial charge in [-0.25, -0.2) is 0 Å². The molecule has 1 aromatic rings. The number of likely N-dealkylation sites (tertiary alicyclic amines) is 1. The number of carbonyl (C=O) groups is 1. The van der Waals surface area contributed by atoms with Crippen LogP contribution in [0.15, 0.2) is 29.4 Å². The van der Waals surface area contributed by atoms with Gasteiger partial charge in [0.05, 0.1) is 0 Å². The Morgan fingerprint density at radius 3 is 2.65 bits per heavy atom. The monoisotopic (exact) mass is 313 g/mol. The van der Waals surface area contributed by atoms with Crippen LogP contribution in [0.1, 0.15) is 24.8 Å². The molecular formula is C17H23N5O. The zero-order valence-electron chi connectivity index (χ0n) is 13.4. The molecule has 1 atom stereocenters. The van der Waals surface area contributed by atoms with Crippen LogP contribution in [0.5, 0.6) is 0 Å². The average Bonchev–Trinajstić information content (AvgIpc) is 3.21. The summed E-state index contributed by atoms with van der Waals surface area (Å²) in [6.45, 7) is 4.62. The summed E-state index contributed by atoms with van der Waals surface area (Å²) in [5, 5.41) is 3.59. The summed E-state index contributed by atoms with van der Waals surface area (Å²) in [5.74, 6) is 0.251. The fourth-order valence-electron chi connectivity index (χ4n) is 3.44. The zero-order chi connectivity index (χ0) is 16.1. The van der Waals surface area contributed by atoms with Gasteiger partial charge in [-0.05, 0) is 61.5 Å². The Hall–Kier alpha value is -2.04. The topological polar surface area (TPSA) is 72.3 Å². The van der Waals surface area contributed by atoms with Crippen LogP contribution >= 0.6 is 0 Å². The number of rotatable bonds is 6. The third-order valence-electron chi connectivity index (χ3n) is 4.77. The normalized spacial score (nSPS) is 21.7. The fourth-order valence-corrected chi connectivity index (χ4v) is 3.44. The number of anilines is 1. The van der Waals surface area contributed by atoms with Crippen molar-refractivity contribution in [2.24, 2.45) is 11.0 Å². The SMILES string of the molecule is [N-]=[N+]=NCC1CC(=O)N(c2ccc(CCN3CCCC3)cc2)C1.